The lowest BCUT2D eigenvalue weighted by molar-refractivity contribution is -0.137. The first-order valence-corrected chi connectivity index (χ1v) is 52.9. The van der Waals surface area contributed by atoms with E-state index in [1.165, 1.54) is 28.9 Å². The van der Waals surface area contributed by atoms with E-state index in [2.05, 4.69) is 128 Å². The third-order valence-corrected chi connectivity index (χ3v) is 28.2. The van der Waals surface area contributed by atoms with Gasteiger partial charge in [-0.15, -0.1) is 0 Å². The molecular formula is C100H138ClF7N13O13S5-3. The van der Waals surface area contributed by atoms with Crippen molar-refractivity contribution in [3.63, 3.8) is 0 Å². The third-order valence-electron chi connectivity index (χ3n) is 21.9. The Hall–Kier alpha value is -9.55. The van der Waals surface area contributed by atoms with Crippen molar-refractivity contribution in [1.29, 1.82) is 0 Å². The number of ether oxygens (including phenoxy) is 3. The van der Waals surface area contributed by atoms with Crippen molar-refractivity contribution in [3.8, 4) is 0 Å². The molecule has 39 heteroatoms. The minimum atomic E-state index is -4.36. The monoisotopic (exact) mass is 2060 g/mol. The van der Waals surface area contributed by atoms with Crippen molar-refractivity contribution >= 4 is 133 Å². The van der Waals surface area contributed by atoms with Gasteiger partial charge in [0, 0.05) is 145 Å². The van der Waals surface area contributed by atoms with Gasteiger partial charge in [-0.05, 0) is 263 Å². The summed E-state index contributed by atoms with van der Waals surface area (Å²) in [5.41, 5.74) is 29.9. The highest BCUT2D eigenvalue weighted by molar-refractivity contribution is 7.93. The zero-order valence-corrected chi connectivity index (χ0v) is 86.8. The molecular weight excluding hydrogens is 1920 g/mol. The van der Waals surface area contributed by atoms with E-state index in [1.54, 1.807) is 130 Å². The molecule has 3 heterocycles. The van der Waals surface area contributed by atoms with Crippen LogP contribution in [0.5, 0.6) is 0 Å². The Balaban J connectivity index is 0.000000256. The summed E-state index contributed by atoms with van der Waals surface area (Å²) in [6, 6.07) is 54.6. The van der Waals surface area contributed by atoms with Crippen LogP contribution < -0.4 is 67.9 Å². The number of sulfonamides is 2. The summed E-state index contributed by atoms with van der Waals surface area (Å²) < 4.78 is 221. The number of nitrogens with two attached hydrogens (primary N) is 3. The highest BCUT2D eigenvalue weighted by Gasteiger charge is 2.34. The van der Waals surface area contributed by atoms with E-state index in [-0.39, 0.29) is 87.4 Å². The lowest BCUT2D eigenvalue weighted by Crippen LogP contribution is -2.45. The summed E-state index contributed by atoms with van der Waals surface area (Å²) in [7, 11) is -6.61. The molecule has 13 N–H and O–H groups in total. The summed E-state index contributed by atoms with van der Waals surface area (Å²) in [4.78, 5) is 6.78. The van der Waals surface area contributed by atoms with Crippen molar-refractivity contribution in [2.45, 2.75) is 245 Å². The highest BCUT2D eigenvalue weighted by Crippen LogP contribution is 2.37. The summed E-state index contributed by atoms with van der Waals surface area (Å²) in [6.07, 6.45) is 0.634. The number of benzene rings is 9. The first-order chi connectivity index (χ1) is 65.2. The minimum absolute atomic E-state index is 0.0701. The molecule has 1 aliphatic carbocycles. The number of nitrogens with zero attached hydrogens (tertiary/aromatic N) is 3. The number of aryl methyl sites for hydroxylation is 1. The number of anilines is 12. The van der Waals surface area contributed by atoms with Crippen LogP contribution in [0.3, 0.4) is 0 Å². The smallest absolute Gasteiger partial charge is 0.418 e. The maximum Gasteiger partial charge on any atom is 0.418 e. The first kappa shape index (κ1) is 118. The van der Waals surface area contributed by atoms with E-state index in [0.29, 0.717) is 54.7 Å². The number of alkyl halides is 3. The number of nitrogen functional groups attached to an aromatic ring is 3. The predicted molar refractivity (Wildman–Crippen MR) is 553 cm³/mol. The van der Waals surface area contributed by atoms with Crippen LogP contribution in [0.2, 0.25) is 5.02 Å². The first-order valence-electron chi connectivity index (χ1n) is 46.1. The van der Waals surface area contributed by atoms with E-state index in [9.17, 15) is 73.9 Å². The van der Waals surface area contributed by atoms with Gasteiger partial charge in [0.15, 0.2) is 17.5 Å². The molecule has 0 bridgehead atoms. The Morgan fingerprint density at radius 3 is 1.14 bits per heavy atom. The average molecular weight is 2060 g/mol. The molecule has 9 atom stereocenters. The summed E-state index contributed by atoms with van der Waals surface area (Å²) >= 11 is 0.996. The second-order valence-corrected chi connectivity index (χ2v) is 45.2. The second kappa shape index (κ2) is 57.5. The third kappa shape index (κ3) is 42.3. The van der Waals surface area contributed by atoms with Crippen LogP contribution in [0.4, 0.5) is 99.0 Å². The zero-order valence-electron chi connectivity index (χ0n) is 82.0. The van der Waals surface area contributed by atoms with Crippen LogP contribution in [0.1, 0.15) is 170 Å². The molecule has 139 heavy (non-hydrogen) atoms. The van der Waals surface area contributed by atoms with Gasteiger partial charge in [0.1, 0.15) is 5.82 Å². The van der Waals surface area contributed by atoms with E-state index in [4.69, 9.17) is 43.0 Å². The van der Waals surface area contributed by atoms with Crippen molar-refractivity contribution in [3.05, 3.63) is 250 Å². The molecule has 26 nitrogen and oxygen atoms in total. The maximum absolute atomic E-state index is 14.5. The Bertz CT molecular complexity index is 5360. The number of para-hydroxylation sites is 1. The van der Waals surface area contributed by atoms with Crippen LogP contribution in [0, 0.1) is 36.1 Å². The van der Waals surface area contributed by atoms with Crippen LogP contribution >= 0.6 is 11.6 Å². The fourth-order valence-electron chi connectivity index (χ4n) is 14.3. The Kier molecular flexibility index (Phi) is 48.9. The van der Waals surface area contributed by atoms with Crippen molar-refractivity contribution in [2.24, 2.45) is 5.92 Å². The molecule has 4 fully saturated rings. The summed E-state index contributed by atoms with van der Waals surface area (Å²) in [5.74, 6) is -3.72. The van der Waals surface area contributed by atoms with Crippen molar-refractivity contribution in [2.75, 3.05) is 109 Å². The van der Waals surface area contributed by atoms with E-state index in [1.807, 2.05) is 68.4 Å². The van der Waals surface area contributed by atoms with Crippen LogP contribution in [-0.2, 0) is 99.9 Å². The van der Waals surface area contributed by atoms with E-state index >= 15 is 0 Å². The van der Waals surface area contributed by atoms with Crippen molar-refractivity contribution < 1.29 is 88.1 Å². The predicted octanol–water partition coefficient (Wildman–Crippen LogP) is 20.3. The minimum Gasteiger partial charge on any atom is -0.772 e. The molecule has 3 aliphatic heterocycles. The maximum atomic E-state index is 14.5. The molecule has 13 rings (SSSR count). The van der Waals surface area contributed by atoms with Gasteiger partial charge in [-0.25, -0.2) is 39.1 Å². The van der Waals surface area contributed by atoms with Gasteiger partial charge in [0.05, 0.1) is 74.8 Å². The van der Waals surface area contributed by atoms with Crippen LogP contribution in [0.15, 0.2) is 188 Å². The molecule has 9 aromatic rings. The number of hydrogen-bond donors (Lipinski definition) is 10. The molecule has 0 radical (unpaired) electrons. The quantitative estimate of drug-likeness (QED) is 0.00989. The van der Waals surface area contributed by atoms with E-state index in [0.717, 1.165) is 133 Å². The number of hydrogen-bond acceptors (Lipinski definition) is 24. The van der Waals surface area contributed by atoms with Crippen LogP contribution in [0.25, 0.3) is 0 Å². The normalized spacial score (nSPS) is 18.8. The molecule has 0 amide bonds. The fraction of sp³-hybridized carbons (Fsp3) is 0.460. The van der Waals surface area contributed by atoms with Crippen molar-refractivity contribution in [1.82, 2.24) is 4.72 Å². The molecule has 4 aliphatic rings. The molecule has 1 saturated carbocycles. The standard InChI is InChI=1S/C22H36ClN3O3S.C20H27N3O.C19H24FN3O.C16H17F3N2O2S.C14H13F3N2.3C3H8O2S/c1-15(2)30(27,28)25-19-7-5-18(6-8-19)12-24-20-9-10-22(21(23)11-20)26-13-16(3)29-17(4)14-26;1-14-10-19(22-11-17-4-6-18(21)7-5-17)8-9-20(14)23-12-15(2)24-16(3)13-23;1-13-11-23(12-14(2)24-13)19-8-7-17(9-18(19)20)22-10-15-3-5-16(21)6-4-15;1-10(2)24(22,23)21-12-5-3-11(4-6-12)9-20-14-8-7-13(17)15(18)16(14)19;15-14(16,17)12-3-1-2-4-13(12)19-9-10-5-7-11(18)8-6-10;3*1-3(2)6(4)5/h9-11,15-19,24-25H,5-8,12-14H2,1-4H3;4-10,15-16,22H,11-13,21H2,1-3H3;3-9,13-14,22H,10-12,21H2,1-2H3;3-8,10,20-21H,9H2,1-2H3;1-8,19H,9,18H2;3*3H,1-2H3,(H,4,5)/p-3/t16-,17+,18?,19?;15-,16+;13-,14+;;;;;. The number of halogens is 8. The van der Waals surface area contributed by atoms with Gasteiger partial charge in [-0.3, -0.25) is 17.3 Å². The molecule has 3 saturated heterocycles. The van der Waals surface area contributed by atoms with Gasteiger partial charge < -0.3 is 86.4 Å². The molecule has 3 unspecified atom stereocenters. The van der Waals surface area contributed by atoms with E-state index < -0.39 is 87.7 Å². The van der Waals surface area contributed by atoms with Gasteiger partial charge in [-0.2, -0.15) is 13.2 Å². The lowest BCUT2D eigenvalue weighted by atomic mass is 9.86. The molecule has 0 aromatic heterocycles. The topological polar surface area (TPSA) is 388 Å². The number of rotatable bonds is 27. The summed E-state index contributed by atoms with van der Waals surface area (Å²) in [6.45, 7) is 38.8. The number of morpholine rings is 3. The van der Waals surface area contributed by atoms with Crippen LogP contribution in [-0.4, -0.2) is 158 Å². The largest absolute Gasteiger partial charge is 0.772 e. The Morgan fingerprint density at radius 2 is 0.763 bits per heavy atom. The summed E-state index contributed by atoms with van der Waals surface area (Å²) in [5, 5.41) is 14.8. The SMILES string of the molecule is CC(C)S(=O)(=O)NC1CCC(CNc2ccc(N3C[C@@H](C)O[C@@H](C)C3)c(Cl)c2)CC1.CC(C)S(=O)(=O)Nc1ccc(CNc2ccc(F)c(F)c2F)cc1.CC(C)S(=O)[O-].CC(C)S(=O)[O-].CC(C)S(=O)[O-].C[C@@H]1CN(c2ccc(NCc3ccc(N)cc3)cc2F)C[C@H](C)O1.Cc1cc(NCc2ccc(N)cc2)ccc1N1C[C@@H](C)O[C@@H](C)C1.Nc1ccc(CNc2ccccc2C(F)(F)F)cc1. The van der Waals surface area contributed by atoms with Gasteiger partial charge in [-0.1, -0.05) is 147 Å². The molecule has 0 spiro atoms. The average Bonchev–Trinajstić information content (AvgIpc) is 0.818. The lowest BCUT2D eigenvalue weighted by Gasteiger charge is -2.37. The molecule has 770 valence electrons. The fourth-order valence-corrected chi connectivity index (χ4v) is 16.3. The number of nitrogens with one attached hydrogen (secondary N) is 7. The van der Waals surface area contributed by atoms with Gasteiger partial charge in [0.25, 0.3) is 0 Å². The zero-order chi connectivity index (χ0) is 103. The Labute approximate surface area is 829 Å². The van der Waals surface area contributed by atoms with Gasteiger partial charge >= 0.3 is 6.18 Å². The molecule has 9 aromatic carbocycles. The van der Waals surface area contributed by atoms with Gasteiger partial charge in [0.2, 0.25) is 20.0 Å². The Morgan fingerprint density at radius 1 is 0.417 bits per heavy atom. The highest BCUT2D eigenvalue weighted by atomic mass is 35.5. The second-order valence-electron chi connectivity index (χ2n) is 35.9.